The lowest BCUT2D eigenvalue weighted by atomic mass is 10.1. The van der Waals surface area contributed by atoms with Crippen LogP contribution in [0.1, 0.15) is 18.5 Å². The SMILES string of the molecule is Cc1ccnn1CCC(=O)N[C@@H]1CCOC[C@H]1OCC(=O)O. The Morgan fingerprint density at radius 1 is 1.59 bits per heavy atom. The summed E-state index contributed by atoms with van der Waals surface area (Å²) in [6, 6.07) is 1.66. The zero-order valence-electron chi connectivity index (χ0n) is 12.5. The molecule has 1 aromatic heterocycles. The molecule has 0 radical (unpaired) electrons. The molecule has 0 saturated carbocycles. The number of hydrogen-bond acceptors (Lipinski definition) is 5. The summed E-state index contributed by atoms with van der Waals surface area (Å²) < 4.78 is 12.3. The van der Waals surface area contributed by atoms with Gasteiger partial charge >= 0.3 is 5.97 Å². The first kappa shape index (κ1) is 16.4. The molecule has 22 heavy (non-hydrogen) atoms. The summed E-state index contributed by atoms with van der Waals surface area (Å²) in [6.45, 7) is 2.85. The van der Waals surface area contributed by atoms with Crippen molar-refractivity contribution in [3.05, 3.63) is 18.0 Å². The Kier molecular flexibility index (Phi) is 5.91. The Hall–Kier alpha value is -1.93. The van der Waals surface area contributed by atoms with Crippen LogP contribution in [0.5, 0.6) is 0 Å². The minimum atomic E-state index is -1.04. The Labute approximate surface area is 128 Å². The van der Waals surface area contributed by atoms with Gasteiger partial charge in [-0.1, -0.05) is 0 Å². The van der Waals surface area contributed by atoms with E-state index in [1.807, 2.05) is 13.0 Å². The minimum absolute atomic E-state index is 0.106. The third-order valence-corrected chi connectivity index (χ3v) is 3.55. The molecule has 2 atom stereocenters. The molecule has 1 fully saturated rings. The summed E-state index contributed by atoms with van der Waals surface area (Å²) in [6.07, 6.45) is 2.18. The maximum absolute atomic E-state index is 12.0. The van der Waals surface area contributed by atoms with Crippen LogP contribution < -0.4 is 5.32 Å². The van der Waals surface area contributed by atoms with Crippen molar-refractivity contribution in [2.75, 3.05) is 19.8 Å². The molecular formula is C14H21N3O5. The third kappa shape index (κ3) is 4.81. The van der Waals surface area contributed by atoms with E-state index in [9.17, 15) is 9.59 Å². The number of carboxylic acids is 1. The highest BCUT2D eigenvalue weighted by Gasteiger charge is 2.28. The maximum atomic E-state index is 12.0. The summed E-state index contributed by atoms with van der Waals surface area (Å²) in [7, 11) is 0. The van der Waals surface area contributed by atoms with E-state index in [4.69, 9.17) is 14.6 Å². The van der Waals surface area contributed by atoms with Gasteiger partial charge in [-0.25, -0.2) is 4.79 Å². The number of nitrogens with zero attached hydrogens (tertiary/aromatic N) is 2. The highest BCUT2D eigenvalue weighted by Crippen LogP contribution is 2.12. The van der Waals surface area contributed by atoms with Gasteiger partial charge < -0.3 is 19.9 Å². The van der Waals surface area contributed by atoms with E-state index >= 15 is 0 Å². The molecule has 0 bridgehead atoms. The molecule has 1 saturated heterocycles. The van der Waals surface area contributed by atoms with Gasteiger partial charge in [0.05, 0.1) is 12.6 Å². The number of hydrogen-bond donors (Lipinski definition) is 2. The monoisotopic (exact) mass is 311 g/mol. The van der Waals surface area contributed by atoms with E-state index in [0.29, 0.717) is 26.0 Å². The standard InChI is InChI=1S/C14H21N3O5/c1-10-2-5-15-17(10)6-3-13(18)16-11-4-7-21-8-12(11)22-9-14(19)20/h2,5,11-12H,3-4,6-9H2,1H3,(H,16,18)(H,19,20)/t11-,12-/m1/s1. The van der Waals surface area contributed by atoms with Gasteiger partial charge in [-0.2, -0.15) is 5.10 Å². The molecule has 2 N–H and O–H groups in total. The fourth-order valence-corrected chi connectivity index (χ4v) is 2.34. The Bertz CT molecular complexity index is 516. The number of carbonyl (C=O) groups is 2. The third-order valence-electron chi connectivity index (χ3n) is 3.55. The van der Waals surface area contributed by atoms with E-state index in [1.54, 1.807) is 10.9 Å². The molecule has 0 aliphatic carbocycles. The summed E-state index contributed by atoms with van der Waals surface area (Å²) in [5, 5.41) is 15.7. The molecule has 1 aliphatic heterocycles. The van der Waals surface area contributed by atoms with Crippen LogP contribution in [0.25, 0.3) is 0 Å². The molecule has 0 spiro atoms. The summed E-state index contributed by atoms with van der Waals surface area (Å²) in [5.74, 6) is -1.14. The summed E-state index contributed by atoms with van der Waals surface area (Å²) in [5.41, 5.74) is 1.00. The first-order valence-electron chi connectivity index (χ1n) is 7.25. The number of amides is 1. The number of aromatic nitrogens is 2. The molecule has 8 nitrogen and oxygen atoms in total. The van der Waals surface area contributed by atoms with Crippen LogP contribution in [-0.4, -0.2) is 58.7 Å². The van der Waals surface area contributed by atoms with Crippen molar-refractivity contribution in [1.82, 2.24) is 15.1 Å². The van der Waals surface area contributed by atoms with Crippen LogP contribution in [0.4, 0.5) is 0 Å². The number of ether oxygens (including phenoxy) is 2. The second-order valence-electron chi connectivity index (χ2n) is 5.23. The number of carbonyl (C=O) groups excluding carboxylic acids is 1. The minimum Gasteiger partial charge on any atom is -0.480 e. The van der Waals surface area contributed by atoms with Gasteiger partial charge in [0.2, 0.25) is 5.91 Å². The summed E-state index contributed by atoms with van der Waals surface area (Å²) >= 11 is 0. The zero-order chi connectivity index (χ0) is 15.9. The largest absolute Gasteiger partial charge is 0.480 e. The average molecular weight is 311 g/mol. The Balaban J connectivity index is 1.80. The lowest BCUT2D eigenvalue weighted by Crippen LogP contribution is -2.50. The fourth-order valence-electron chi connectivity index (χ4n) is 2.34. The Morgan fingerprint density at radius 3 is 3.09 bits per heavy atom. The van der Waals surface area contributed by atoms with Crippen molar-refractivity contribution >= 4 is 11.9 Å². The van der Waals surface area contributed by atoms with Crippen molar-refractivity contribution in [3.8, 4) is 0 Å². The molecule has 8 heteroatoms. The molecular weight excluding hydrogens is 290 g/mol. The van der Waals surface area contributed by atoms with Gasteiger partial charge in [0.1, 0.15) is 12.7 Å². The zero-order valence-corrected chi connectivity index (χ0v) is 12.5. The number of nitrogens with one attached hydrogen (secondary N) is 1. The second-order valence-corrected chi connectivity index (χ2v) is 5.23. The van der Waals surface area contributed by atoms with E-state index in [0.717, 1.165) is 5.69 Å². The van der Waals surface area contributed by atoms with Crippen molar-refractivity contribution in [3.63, 3.8) is 0 Å². The quantitative estimate of drug-likeness (QED) is 0.732. The van der Waals surface area contributed by atoms with E-state index in [-0.39, 0.29) is 18.6 Å². The topological polar surface area (TPSA) is 103 Å². The van der Waals surface area contributed by atoms with Gasteiger partial charge in [-0.3, -0.25) is 9.48 Å². The predicted molar refractivity (Wildman–Crippen MR) is 76.3 cm³/mol. The van der Waals surface area contributed by atoms with Crippen LogP contribution in [0.2, 0.25) is 0 Å². The molecule has 2 heterocycles. The van der Waals surface area contributed by atoms with Gasteiger partial charge in [-0.05, 0) is 19.4 Å². The molecule has 122 valence electrons. The smallest absolute Gasteiger partial charge is 0.329 e. The highest BCUT2D eigenvalue weighted by molar-refractivity contribution is 5.76. The lowest BCUT2D eigenvalue weighted by molar-refractivity contribution is -0.149. The van der Waals surface area contributed by atoms with Crippen LogP contribution >= 0.6 is 0 Å². The van der Waals surface area contributed by atoms with Gasteiger partial charge in [0.15, 0.2) is 0 Å². The van der Waals surface area contributed by atoms with Crippen LogP contribution in [0, 0.1) is 6.92 Å². The fraction of sp³-hybridized carbons (Fsp3) is 0.643. The van der Waals surface area contributed by atoms with E-state index in [1.165, 1.54) is 0 Å². The Morgan fingerprint density at radius 2 is 2.41 bits per heavy atom. The van der Waals surface area contributed by atoms with Gasteiger partial charge in [0.25, 0.3) is 0 Å². The van der Waals surface area contributed by atoms with Crippen molar-refractivity contribution in [2.24, 2.45) is 0 Å². The average Bonchev–Trinajstić information content (AvgIpc) is 2.89. The molecule has 0 unspecified atom stereocenters. The molecule has 1 aromatic rings. The molecule has 0 aromatic carbocycles. The second kappa shape index (κ2) is 7.90. The van der Waals surface area contributed by atoms with Crippen LogP contribution in [0.15, 0.2) is 12.3 Å². The predicted octanol–water partition coefficient (Wildman–Crippen LogP) is -0.0435. The lowest BCUT2D eigenvalue weighted by Gasteiger charge is -2.31. The number of carboxylic acid groups (broad SMARTS) is 1. The van der Waals surface area contributed by atoms with Crippen molar-refractivity contribution in [1.29, 1.82) is 0 Å². The first-order chi connectivity index (χ1) is 10.6. The number of aliphatic carboxylic acids is 1. The van der Waals surface area contributed by atoms with Gasteiger partial charge in [-0.15, -0.1) is 0 Å². The highest BCUT2D eigenvalue weighted by atomic mass is 16.5. The summed E-state index contributed by atoms with van der Waals surface area (Å²) in [4.78, 5) is 22.6. The number of rotatable bonds is 7. The van der Waals surface area contributed by atoms with Crippen LogP contribution in [0.3, 0.4) is 0 Å². The van der Waals surface area contributed by atoms with E-state index < -0.39 is 18.7 Å². The van der Waals surface area contributed by atoms with Crippen molar-refractivity contribution < 1.29 is 24.2 Å². The molecule has 2 rings (SSSR count). The van der Waals surface area contributed by atoms with Crippen molar-refractivity contribution in [2.45, 2.75) is 38.5 Å². The van der Waals surface area contributed by atoms with Gasteiger partial charge in [0, 0.05) is 31.5 Å². The van der Waals surface area contributed by atoms with Crippen LogP contribution in [-0.2, 0) is 25.6 Å². The normalized spacial score (nSPS) is 21.5. The maximum Gasteiger partial charge on any atom is 0.329 e. The first-order valence-corrected chi connectivity index (χ1v) is 7.25. The van der Waals surface area contributed by atoms with E-state index in [2.05, 4.69) is 10.4 Å². The number of aryl methyl sites for hydroxylation is 2. The molecule has 1 aliphatic rings. The molecule has 1 amide bonds.